The maximum absolute atomic E-state index is 14.1. The molecular formula is C48H51N9O4. The first-order valence-electron chi connectivity index (χ1n) is 20.8. The van der Waals surface area contributed by atoms with E-state index in [1.165, 1.54) is 7.11 Å². The van der Waals surface area contributed by atoms with Crippen molar-refractivity contribution in [2.75, 3.05) is 34.3 Å². The Morgan fingerprint density at radius 3 is 2.05 bits per heavy atom. The summed E-state index contributed by atoms with van der Waals surface area (Å²) in [6.07, 6.45) is 5.16. The van der Waals surface area contributed by atoms with Gasteiger partial charge in [0.1, 0.15) is 23.7 Å². The van der Waals surface area contributed by atoms with Crippen LogP contribution in [-0.4, -0.2) is 92.9 Å². The van der Waals surface area contributed by atoms with Crippen LogP contribution < -0.4 is 5.32 Å². The van der Waals surface area contributed by atoms with E-state index in [1.54, 1.807) is 6.20 Å². The fraction of sp³-hybridized carbons (Fsp3) is 0.333. The first kappa shape index (κ1) is 41.0. The Labute approximate surface area is 355 Å². The zero-order valence-corrected chi connectivity index (χ0v) is 35.1. The van der Waals surface area contributed by atoms with Gasteiger partial charge in [-0.05, 0) is 84.4 Å². The predicted molar refractivity (Wildman–Crippen MR) is 233 cm³/mol. The minimum Gasteiger partial charge on any atom is -0.453 e. The predicted octanol–water partition coefficient (Wildman–Crippen LogP) is 8.05. The number of amides is 3. The van der Waals surface area contributed by atoms with Crippen LogP contribution in [0.4, 0.5) is 4.79 Å². The molecule has 0 bridgehead atoms. The van der Waals surface area contributed by atoms with Gasteiger partial charge in [0.25, 0.3) is 0 Å². The number of likely N-dealkylation sites (N-methyl/N-ethyl adjacent to an activating group) is 1. The number of H-pyrrole nitrogens is 2. The summed E-state index contributed by atoms with van der Waals surface area (Å²) in [6, 6.07) is 31.5. The molecule has 0 spiro atoms. The zero-order valence-electron chi connectivity index (χ0n) is 35.1. The van der Waals surface area contributed by atoms with E-state index >= 15 is 0 Å². The van der Waals surface area contributed by atoms with Gasteiger partial charge in [-0.1, -0.05) is 92.7 Å². The number of aromatic amines is 2. The van der Waals surface area contributed by atoms with Crippen molar-refractivity contribution in [1.82, 2.24) is 40.0 Å². The van der Waals surface area contributed by atoms with E-state index in [-0.39, 0.29) is 35.7 Å². The minimum atomic E-state index is -0.689. The summed E-state index contributed by atoms with van der Waals surface area (Å²) in [5.74, 6) is 0.841. The van der Waals surface area contributed by atoms with Gasteiger partial charge in [-0.15, -0.1) is 0 Å². The molecule has 3 amide bonds. The highest BCUT2D eigenvalue weighted by atomic mass is 16.5. The summed E-state index contributed by atoms with van der Waals surface area (Å²) in [7, 11) is 5.10. The second-order valence-corrected chi connectivity index (χ2v) is 16.6. The van der Waals surface area contributed by atoms with Gasteiger partial charge in [0.15, 0.2) is 0 Å². The summed E-state index contributed by atoms with van der Waals surface area (Å²) < 4.78 is 4.77. The summed E-state index contributed by atoms with van der Waals surface area (Å²) in [5, 5.41) is 14.8. The Kier molecular flexibility index (Phi) is 11.7. The Morgan fingerprint density at radius 2 is 1.41 bits per heavy atom. The number of carbonyl (C=O) groups is 3. The molecule has 13 heteroatoms. The molecule has 8 rings (SSSR count). The van der Waals surface area contributed by atoms with Crippen LogP contribution in [0.3, 0.4) is 0 Å². The zero-order chi connectivity index (χ0) is 42.8. The first-order chi connectivity index (χ1) is 29.5. The highest BCUT2D eigenvalue weighted by Gasteiger charge is 2.41. The number of hydrogen-bond acceptors (Lipinski definition) is 8. The largest absolute Gasteiger partial charge is 0.453 e. The standard InChI is InChI=1S/C48H51N9O4/c1-29(2)42(54-48(60)61-5)46(58)56-21-9-12-40(56)44-50-27-39(53-44)37-20-19-35-23-34(17-18-36(35)24-37)31-13-15-32(16-14-31)38-26-51-45(52-38)41-22-30(25-49)28-57(41)47(59)43(55(3)4)33-10-7-6-8-11-33/h6-8,10-11,13-20,23-24,26-27,29-30,40-43H,9,12,21-22,28H2,1-5H3,(H,50,53)(H,51,52)(H,54,60)/t30-,40-,41-,42?,43+/m0/s1. The average Bonchev–Trinajstić information content (AvgIpc) is 4.12. The third-order valence-electron chi connectivity index (χ3n) is 12.1. The molecular weight excluding hydrogens is 767 g/mol. The lowest BCUT2D eigenvalue weighted by atomic mass is 9.98. The van der Waals surface area contributed by atoms with Gasteiger partial charge in [0, 0.05) is 18.7 Å². The van der Waals surface area contributed by atoms with Crippen LogP contribution in [0.25, 0.3) is 44.4 Å². The molecule has 0 saturated carbocycles. The van der Waals surface area contributed by atoms with Crippen molar-refractivity contribution < 1.29 is 19.1 Å². The second-order valence-electron chi connectivity index (χ2n) is 16.6. The number of fused-ring (bicyclic) bond motifs is 1. The van der Waals surface area contributed by atoms with E-state index < -0.39 is 18.2 Å². The number of hydrogen-bond donors (Lipinski definition) is 3. The fourth-order valence-electron chi connectivity index (χ4n) is 8.82. The maximum atomic E-state index is 14.1. The molecule has 2 aromatic heterocycles. The van der Waals surface area contributed by atoms with Crippen LogP contribution in [0, 0.1) is 23.2 Å². The SMILES string of the molecule is COC(=O)NC(C(=O)N1CCC[C@H]1c1ncc(-c2ccc3cc(-c4ccc(-c5cnc([C@@H]6C[C@@H](C#N)CN6C(=O)[C@@H](c6ccccc6)N(C)C)[nH]5)cc4)ccc3c2)[nH]1)C(C)C. The van der Waals surface area contributed by atoms with Crippen molar-refractivity contribution in [2.45, 2.75) is 57.3 Å². The lowest BCUT2D eigenvalue weighted by molar-refractivity contribution is -0.137. The second kappa shape index (κ2) is 17.4. The van der Waals surface area contributed by atoms with Crippen molar-refractivity contribution in [3.8, 4) is 39.7 Å². The number of nitriles is 1. The number of likely N-dealkylation sites (tertiary alicyclic amines) is 2. The highest BCUT2D eigenvalue weighted by molar-refractivity contribution is 5.91. The number of imidazole rings is 2. The number of ether oxygens (including phenoxy) is 1. The summed E-state index contributed by atoms with van der Waals surface area (Å²) in [4.78, 5) is 61.7. The van der Waals surface area contributed by atoms with E-state index in [1.807, 2.05) is 79.2 Å². The van der Waals surface area contributed by atoms with E-state index in [9.17, 15) is 19.6 Å². The lowest BCUT2D eigenvalue weighted by Crippen LogP contribution is -2.51. The van der Waals surface area contributed by atoms with Crippen molar-refractivity contribution in [1.29, 1.82) is 5.26 Å². The number of alkyl carbamates (subject to hydrolysis) is 1. The first-order valence-corrected chi connectivity index (χ1v) is 20.8. The maximum Gasteiger partial charge on any atom is 0.407 e. The Hall–Kier alpha value is -6.78. The molecule has 1 unspecified atom stereocenters. The van der Waals surface area contributed by atoms with Gasteiger partial charge in [0.05, 0.1) is 55.0 Å². The quantitative estimate of drug-likeness (QED) is 0.118. The lowest BCUT2D eigenvalue weighted by Gasteiger charge is -2.31. The summed E-state index contributed by atoms with van der Waals surface area (Å²) in [6.45, 7) is 4.77. The fourth-order valence-corrected chi connectivity index (χ4v) is 8.82. The van der Waals surface area contributed by atoms with Crippen LogP contribution in [0.5, 0.6) is 0 Å². The van der Waals surface area contributed by atoms with Gasteiger partial charge >= 0.3 is 6.09 Å². The van der Waals surface area contributed by atoms with E-state index in [0.717, 1.165) is 68.6 Å². The molecule has 0 aliphatic carbocycles. The Morgan fingerprint density at radius 1 is 0.803 bits per heavy atom. The molecule has 3 N–H and O–H groups in total. The van der Waals surface area contributed by atoms with Crippen molar-refractivity contribution in [3.63, 3.8) is 0 Å². The Bertz CT molecular complexity index is 2580. The molecule has 5 atom stereocenters. The third-order valence-corrected chi connectivity index (χ3v) is 12.1. The van der Waals surface area contributed by atoms with E-state index in [2.05, 4.69) is 82.0 Å². The molecule has 2 aliphatic heterocycles. The van der Waals surface area contributed by atoms with Crippen LogP contribution in [0.1, 0.15) is 68.4 Å². The van der Waals surface area contributed by atoms with Gasteiger partial charge in [-0.2, -0.15) is 5.26 Å². The number of nitrogens with one attached hydrogen (secondary N) is 3. The molecule has 0 radical (unpaired) electrons. The number of carbonyl (C=O) groups excluding carboxylic acids is 3. The molecule has 13 nitrogen and oxygen atoms in total. The van der Waals surface area contributed by atoms with E-state index in [0.29, 0.717) is 25.3 Å². The van der Waals surface area contributed by atoms with Gasteiger partial charge in [-0.3, -0.25) is 14.5 Å². The van der Waals surface area contributed by atoms with Gasteiger partial charge in [0.2, 0.25) is 11.8 Å². The summed E-state index contributed by atoms with van der Waals surface area (Å²) >= 11 is 0. The smallest absolute Gasteiger partial charge is 0.407 e. The van der Waals surface area contributed by atoms with Gasteiger partial charge in [-0.25, -0.2) is 14.8 Å². The molecule has 4 aromatic carbocycles. The molecule has 2 saturated heterocycles. The molecule has 61 heavy (non-hydrogen) atoms. The van der Waals surface area contributed by atoms with Crippen LogP contribution in [0.15, 0.2) is 103 Å². The third kappa shape index (κ3) is 8.36. The number of rotatable bonds is 11. The Balaban J connectivity index is 0.958. The average molecular weight is 818 g/mol. The van der Waals surface area contributed by atoms with Crippen molar-refractivity contribution in [2.24, 2.45) is 11.8 Å². The van der Waals surface area contributed by atoms with Crippen LogP contribution in [0.2, 0.25) is 0 Å². The summed E-state index contributed by atoms with van der Waals surface area (Å²) in [5.41, 5.74) is 6.75. The normalized spacial score (nSPS) is 18.7. The molecule has 6 aromatic rings. The minimum absolute atomic E-state index is 0.0443. The number of nitrogens with zero attached hydrogens (tertiary/aromatic N) is 6. The number of aromatic nitrogens is 4. The van der Waals surface area contributed by atoms with E-state index in [4.69, 9.17) is 14.7 Å². The number of methoxy groups -OCH3 is 1. The molecule has 2 fully saturated rings. The number of benzene rings is 4. The van der Waals surface area contributed by atoms with Crippen molar-refractivity contribution >= 4 is 28.7 Å². The van der Waals surface area contributed by atoms with Crippen molar-refractivity contribution in [3.05, 3.63) is 121 Å². The molecule has 2 aliphatic rings. The molecule has 4 heterocycles. The van der Waals surface area contributed by atoms with Crippen LogP contribution in [-0.2, 0) is 14.3 Å². The van der Waals surface area contributed by atoms with Crippen LogP contribution >= 0.6 is 0 Å². The topological polar surface area (TPSA) is 163 Å². The van der Waals surface area contributed by atoms with Gasteiger partial charge < -0.3 is 29.8 Å². The molecule has 312 valence electrons. The highest BCUT2D eigenvalue weighted by Crippen LogP contribution is 2.38. The monoisotopic (exact) mass is 817 g/mol.